The van der Waals surface area contributed by atoms with E-state index in [2.05, 4.69) is 55.3 Å². The van der Waals surface area contributed by atoms with Crippen molar-refractivity contribution in [1.82, 2.24) is 15.0 Å². The molecular formula is C17H26N4. The Bertz CT molecular complexity index is 555. The average Bonchev–Trinajstić information content (AvgIpc) is 2.86. The zero-order valence-corrected chi connectivity index (χ0v) is 13.3. The quantitative estimate of drug-likeness (QED) is 0.851. The van der Waals surface area contributed by atoms with Crippen molar-refractivity contribution in [1.29, 1.82) is 0 Å². The van der Waals surface area contributed by atoms with Gasteiger partial charge in [-0.1, -0.05) is 48.9 Å². The van der Waals surface area contributed by atoms with Gasteiger partial charge in [-0.25, -0.2) is 4.68 Å². The van der Waals surface area contributed by atoms with Crippen molar-refractivity contribution in [3.8, 4) is 0 Å². The summed E-state index contributed by atoms with van der Waals surface area (Å²) in [5, 5.41) is 8.50. The molecule has 2 N–H and O–H groups in total. The van der Waals surface area contributed by atoms with Crippen LogP contribution in [0.2, 0.25) is 0 Å². The topological polar surface area (TPSA) is 56.7 Å². The summed E-state index contributed by atoms with van der Waals surface area (Å²) in [5.74, 6) is 0.667. The lowest BCUT2D eigenvalue weighted by atomic mass is 10.1. The Morgan fingerprint density at radius 3 is 2.48 bits per heavy atom. The van der Waals surface area contributed by atoms with Gasteiger partial charge in [0.1, 0.15) is 0 Å². The van der Waals surface area contributed by atoms with Crippen LogP contribution < -0.4 is 5.73 Å². The highest BCUT2D eigenvalue weighted by molar-refractivity contribution is 5.22. The molecule has 0 aliphatic carbocycles. The number of hydrogen-bond donors (Lipinski definition) is 1. The molecule has 1 aromatic heterocycles. The SMILES string of the molecule is Cc1ccc(CCc2c(CN)nnn2CCC(C)C)cc1. The van der Waals surface area contributed by atoms with Gasteiger partial charge in [-0.3, -0.25) is 0 Å². The maximum absolute atomic E-state index is 5.79. The molecule has 1 heterocycles. The van der Waals surface area contributed by atoms with Crippen LogP contribution in [0.25, 0.3) is 0 Å². The van der Waals surface area contributed by atoms with Crippen LogP contribution in [0.15, 0.2) is 24.3 Å². The van der Waals surface area contributed by atoms with E-state index >= 15 is 0 Å². The van der Waals surface area contributed by atoms with Gasteiger partial charge in [-0.2, -0.15) is 0 Å². The largest absolute Gasteiger partial charge is 0.325 e. The van der Waals surface area contributed by atoms with Crippen LogP contribution in [0, 0.1) is 12.8 Å². The second-order valence-electron chi connectivity index (χ2n) is 6.08. The Kier molecular flexibility index (Phi) is 5.51. The molecule has 0 radical (unpaired) electrons. The molecular weight excluding hydrogens is 260 g/mol. The first-order valence-corrected chi connectivity index (χ1v) is 7.77. The van der Waals surface area contributed by atoms with E-state index in [0.717, 1.165) is 31.5 Å². The van der Waals surface area contributed by atoms with E-state index in [1.807, 2.05) is 4.68 Å². The number of aromatic nitrogens is 3. The van der Waals surface area contributed by atoms with E-state index in [1.54, 1.807) is 0 Å². The molecule has 0 saturated heterocycles. The summed E-state index contributed by atoms with van der Waals surface area (Å²) in [6.07, 6.45) is 3.06. The molecule has 21 heavy (non-hydrogen) atoms. The van der Waals surface area contributed by atoms with Crippen LogP contribution >= 0.6 is 0 Å². The second-order valence-corrected chi connectivity index (χ2v) is 6.08. The first-order chi connectivity index (χ1) is 10.1. The zero-order valence-electron chi connectivity index (χ0n) is 13.3. The third-order valence-electron chi connectivity index (χ3n) is 3.80. The molecule has 2 rings (SSSR count). The third kappa shape index (κ3) is 4.39. The minimum Gasteiger partial charge on any atom is -0.325 e. The summed E-state index contributed by atoms with van der Waals surface area (Å²) in [5.41, 5.74) is 10.6. The lowest BCUT2D eigenvalue weighted by Crippen LogP contribution is -2.10. The fraction of sp³-hybridized carbons (Fsp3) is 0.529. The van der Waals surface area contributed by atoms with Crippen LogP contribution in [-0.2, 0) is 25.9 Å². The Hall–Kier alpha value is -1.68. The van der Waals surface area contributed by atoms with E-state index in [1.165, 1.54) is 16.8 Å². The molecule has 0 amide bonds. The minimum atomic E-state index is 0.463. The monoisotopic (exact) mass is 286 g/mol. The molecule has 0 saturated carbocycles. The molecule has 4 nitrogen and oxygen atoms in total. The summed E-state index contributed by atoms with van der Waals surface area (Å²) in [6.45, 7) is 7.96. The standard InChI is InChI=1S/C17H26N4/c1-13(2)10-11-21-17(16(12-18)19-20-21)9-8-15-6-4-14(3)5-7-15/h4-7,13H,8-12,18H2,1-3H3. The third-order valence-corrected chi connectivity index (χ3v) is 3.80. The fourth-order valence-electron chi connectivity index (χ4n) is 2.38. The van der Waals surface area contributed by atoms with Gasteiger partial charge >= 0.3 is 0 Å². The molecule has 1 aromatic carbocycles. The van der Waals surface area contributed by atoms with Crippen molar-refractivity contribution in [3.05, 3.63) is 46.8 Å². The van der Waals surface area contributed by atoms with Crippen molar-refractivity contribution >= 4 is 0 Å². The van der Waals surface area contributed by atoms with Crippen LogP contribution in [-0.4, -0.2) is 15.0 Å². The molecule has 0 atom stereocenters. The summed E-state index contributed by atoms with van der Waals surface area (Å²) < 4.78 is 2.04. The zero-order chi connectivity index (χ0) is 15.2. The first-order valence-electron chi connectivity index (χ1n) is 7.77. The van der Waals surface area contributed by atoms with Crippen molar-refractivity contribution < 1.29 is 0 Å². The molecule has 0 fully saturated rings. The van der Waals surface area contributed by atoms with Crippen molar-refractivity contribution in [2.75, 3.05) is 0 Å². The van der Waals surface area contributed by atoms with Crippen molar-refractivity contribution in [2.45, 2.75) is 53.1 Å². The molecule has 0 unspecified atom stereocenters. The van der Waals surface area contributed by atoms with Gasteiger partial charge in [0.25, 0.3) is 0 Å². The highest BCUT2D eigenvalue weighted by Gasteiger charge is 2.12. The summed E-state index contributed by atoms with van der Waals surface area (Å²) in [4.78, 5) is 0. The molecule has 0 bridgehead atoms. The number of nitrogens with two attached hydrogens (primary N) is 1. The Balaban J connectivity index is 2.06. The summed E-state index contributed by atoms with van der Waals surface area (Å²) >= 11 is 0. The lowest BCUT2D eigenvalue weighted by Gasteiger charge is -2.09. The minimum absolute atomic E-state index is 0.463. The number of nitrogens with zero attached hydrogens (tertiary/aromatic N) is 3. The maximum Gasteiger partial charge on any atom is 0.0994 e. The van der Waals surface area contributed by atoms with Crippen LogP contribution in [0.4, 0.5) is 0 Å². The number of benzene rings is 1. The number of aryl methyl sites for hydroxylation is 3. The van der Waals surface area contributed by atoms with Gasteiger partial charge in [0.2, 0.25) is 0 Å². The molecule has 2 aromatic rings. The van der Waals surface area contributed by atoms with Gasteiger partial charge in [0.05, 0.1) is 11.4 Å². The maximum atomic E-state index is 5.79. The highest BCUT2D eigenvalue weighted by Crippen LogP contribution is 2.13. The fourth-order valence-corrected chi connectivity index (χ4v) is 2.38. The highest BCUT2D eigenvalue weighted by atomic mass is 15.4. The predicted molar refractivity (Wildman–Crippen MR) is 86.0 cm³/mol. The van der Waals surface area contributed by atoms with Crippen LogP contribution in [0.5, 0.6) is 0 Å². The predicted octanol–water partition coefficient (Wildman–Crippen LogP) is 2.88. The van der Waals surface area contributed by atoms with E-state index in [4.69, 9.17) is 5.73 Å². The van der Waals surface area contributed by atoms with Gasteiger partial charge in [-0.15, -0.1) is 5.10 Å². The van der Waals surface area contributed by atoms with Crippen LogP contribution in [0.3, 0.4) is 0 Å². The van der Waals surface area contributed by atoms with Crippen LogP contribution in [0.1, 0.15) is 42.8 Å². The molecule has 114 valence electrons. The van der Waals surface area contributed by atoms with Gasteiger partial charge < -0.3 is 5.73 Å². The first kappa shape index (κ1) is 15.7. The normalized spacial score (nSPS) is 11.3. The van der Waals surface area contributed by atoms with Crippen molar-refractivity contribution in [2.24, 2.45) is 11.7 Å². The van der Waals surface area contributed by atoms with E-state index in [9.17, 15) is 0 Å². The Morgan fingerprint density at radius 2 is 1.86 bits per heavy atom. The summed E-state index contributed by atoms with van der Waals surface area (Å²) in [7, 11) is 0. The number of rotatable bonds is 7. The van der Waals surface area contributed by atoms with Crippen molar-refractivity contribution in [3.63, 3.8) is 0 Å². The van der Waals surface area contributed by atoms with Gasteiger partial charge in [0.15, 0.2) is 0 Å². The molecule has 4 heteroatoms. The van der Waals surface area contributed by atoms with Gasteiger partial charge in [0, 0.05) is 13.1 Å². The second kappa shape index (κ2) is 7.36. The van der Waals surface area contributed by atoms with E-state index < -0.39 is 0 Å². The molecule has 0 aliphatic heterocycles. The number of hydrogen-bond acceptors (Lipinski definition) is 3. The molecule has 0 aliphatic rings. The average molecular weight is 286 g/mol. The molecule has 0 spiro atoms. The lowest BCUT2D eigenvalue weighted by molar-refractivity contribution is 0.466. The van der Waals surface area contributed by atoms with Gasteiger partial charge in [-0.05, 0) is 37.7 Å². The smallest absolute Gasteiger partial charge is 0.0994 e. The van der Waals surface area contributed by atoms with E-state index in [0.29, 0.717) is 12.5 Å². The Morgan fingerprint density at radius 1 is 1.14 bits per heavy atom. The Labute approximate surface area is 127 Å². The van der Waals surface area contributed by atoms with E-state index in [-0.39, 0.29) is 0 Å². The summed E-state index contributed by atoms with van der Waals surface area (Å²) in [6, 6.07) is 8.71.